The monoisotopic (exact) mass is 323 g/mol. The van der Waals surface area contributed by atoms with Crippen molar-refractivity contribution in [2.75, 3.05) is 5.32 Å². The number of hydrogen-bond donors (Lipinski definition) is 1. The van der Waals surface area contributed by atoms with Gasteiger partial charge >= 0.3 is 0 Å². The lowest BCUT2D eigenvalue weighted by atomic mass is 10.1. The normalized spacial score (nSPS) is 10.8. The Labute approximate surface area is 141 Å². The second-order valence-corrected chi connectivity index (χ2v) is 5.86. The molecule has 0 unspecified atom stereocenters. The molecule has 6 heteroatoms. The molecule has 0 aliphatic heterocycles. The summed E-state index contributed by atoms with van der Waals surface area (Å²) in [7, 11) is 0. The minimum Gasteiger partial charge on any atom is -0.322 e. The van der Waals surface area contributed by atoms with Gasteiger partial charge in [-0.25, -0.2) is 0 Å². The molecule has 0 atom stereocenters. The van der Waals surface area contributed by atoms with Crippen molar-refractivity contribution in [3.63, 3.8) is 0 Å². The van der Waals surface area contributed by atoms with Gasteiger partial charge in [-0.3, -0.25) is 14.2 Å². The van der Waals surface area contributed by atoms with E-state index in [-0.39, 0.29) is 12.5 Å². The van der Waals surface area contributed by atoms with Crippen LogP contribution in [0, 0.1) is 13.8 Å². The van der Waals surface area contributed by atoms with Crippen LogP contribution in [0.15, 0.2) is 48.8 Å². The van der Waals surface area contributed by atoms with Gasteiger partial charge in [0.25, 0.3) is 0 Å². The molecule has 0 aliphatic carbocycles. The van der Waals surface area contributed by atoms with Crippen LogP contribution < -0.4 is 5.32 Å². The van der Waals surface area contributed by atoms with E-state index in [1.165, 1.54) is 5.56 Å². The van der Waals surface area contributed by atoms with Crippen molar-refractivity contribution in [1.29, 1.82) is 0 Å². The number of aryl methyl sites for hydroxylation is 4. The van der Waals surface area contributed by atoms with Crippen LogP contribution in [0.25, 0.3) is 0 Å². The van der Waals surface area contributed by atoms with E-state index in [0.29, 0.717) is 5.69 Å². The maximum absolute atomic E-state index is 12.1. The molecule has 1 amide bonds. The fourth-order valence-corrected chi connectivity index (χ4v) is 2.61. The minimum atomic E-state index is -0.108. The molecule has 1 N–H and O–H groups in total. The fraction of sp³-hybridized carbons (Fsp3) is 0.278. The Morgan fingerprint density at radius 1 is 1.21 bits per heavy atom. The van der Waals surface area contributed by atoms with Crippen molar-refractivity contribution >= 4 is 11.6 Å². The summed E-state index contributed by atoms with van der Waals surface area (Å²) in [5, 5.41) is 11.4. The van der Waals surface area contributed by atoms with E-state index < -0.39 is 0 Å². The van der Waals surface area contributed by atoms with Gasteiger partial charge in [-0.05, 0) is 31.9 Å². The summed E-state index contributed by atoms with van der Waals surface area (Å²) in [6.45, 7) is 4.83. The van der Waals surface area contributed by atoms with Gasteiger partial charge in [-0.15, -0.1) is 0 Å². The summed E-state index contributed by atoms with van der Waals surface area (Å²) in [6.07, 6.45) is 4.42. The quantitative estimate of drug-likeness (QED) is 0.758. The van der Waals surface area contributed by atoms with Gasteiger partial charge in [-0.1, -0.05) is 30.3 Å². The average Bonchev–Trinajstić information content (AvgIpc) is 3.12. The Balaban J connectivity index is 1.53. The van der Waals surface area contributed by atoms with Gasteiger partial charge in [0, 0.05) is 18.4 Å². The predicted molar refractivity (Wildman–Crippen MR) is 92.7 cm³/mol. The van der Waals surface area contributed by atoms with Crippen LogP contribution >= 0.6 is 0 Å². The number of amides is 1. The first-order chi connectivity index (χ1) is 11.6. The molecule has 0 saturated heterocycles. The first kappa shape index (κ1) is 16.0. The van der Waals surface area contributed by atoms with E-state index in [0.717, 1.165) is 24.4 Å². The van der Waals surface area contributed by atoms with Gasteiger partial charge in [-0.2, -0.15) is 10.2 Å². The molecular weight excluding hydrogens is 302 g/mol. The van der Waals surface area contributed by atoms with E-state index in [4.69, 9.17) is 0 Å². The smallest absolute Gasteiger partial charge is 0.246 e. The second-order valence-electron chi connectivity index (χ2n) is 5.86. The van der Waals surface area contributed by atoms with Crippen LogP contribution in [0.4, 0.5) is 5.69 Å². The third kappa shape index (κ3) is 4.10. The van der Waals surface area contributed by atoms with Crippen LogP contribution in [0.3, 0.4) is 0 Å². The lowest BCUT2D eigenvalue weighted by Gasteiger charge is -2.05. The molecule has 124 valence electrons. The van der Waals surface area contributed by atoms with Crippen LogP contribution in [0.1, 0.15) is 17.0 Å². The Morgan fingerprint density at radius 2 is 2.00 bits per heavy atom. The van der Waals surface area contributed by atoms with Gasteiger partial charge in [0.1, 0.15) is 6.54 Å². The Morgan fingerprint density at radius 3 is 2.71 bits per heavy atom. The maximum atomic E-state index is 12.1. The highest BCUT2D eigenvalue weighted by atomic mass is 16.2. The van der Waals surface area contributed by atoms with E-state index in [1.54, 1.807) is 10.9 Å². The first-order valence-corrected chi connectivity index (χ1v) is 7.97. The summed E-state index contributed by atoms with van der Waals surface area (Å²) < 4.78 is 3.54. The molecule has 24 heavy (non-hydrogen) atoms. The van der Waals surface area contributed by atoms with Crippen LogP contribution in [0.5, 0.6) is 0 Å². The number of aromatic nitrogens is 4. The standard InChI is InChI=1S/C18H21N5O/c1-14-10-15(2)23(21-14)13-18(24)20-17-11-19-22(12-17)9-8-16-6-4-3-5-7-16/h3-7,10-12H,8-9,13H2,1-2H3,(H,20,24). The zero-order chi connectivity index (χ0) is 16.9. The summed E-state index contributed by atoms with van der Waals surface area (Å²) >= 11 is 0. The van der Waals surface area contributed by atoms with E-state index in [1.807, 2.05) is 49.0 Å². The molecular formula is C18H21N5O. The van der Waals surface area contributed by atoms with Crippen LogP contribution in [0.2, 0.25) is 0 Å². The molecule has 0 radical (unpaired) electrons. The van der Waals surface area contributed by atoms with E-state index >= 15 is 0 Å². The SMILES string of the molecule is Cc1cc(C)n(CC(=O)Nc2cnn(CCc3ccccc3)c2)n1. The summed E-state index contributed by atoms with van der Waals surface area (Å²) in [5.41, 5.74) is 3.85. The zero-order valence-corrected chi connectivity index (χ0v) is 13.9. The number of nitrogens with one attached hydrogen (secondary N) is 1. The molecule has 0 bridgehead atoms. The molecule has 0 fully saturated rings. The van der Waals surface area contributed by atoms with Crippen molar-refractivity contribution in [3.05, 3.63) is 65.7 Å². The highest BCUT2D eigenvalue weighted by Gasteiger charge is 2.08. The number of rotatable bonds is 6. The highest BCUT2D eigenvalue weighted by molar-refractivity contribution is 5.90. The predicted octanol–water partition coefficient (Wildman–Crippen LogP) is 2.58. The third-order valence-corrected chi connectivity index (χ3v) is 3.79. The average molecular weight is 323 g/mol. The number of anilines is 1. The summed E-state index contributed by atoms with van der Waals surface area (Å²) in [5.74, 6) is -0.108. The number of hydrogen-bond acceptors (Lipinski definition) is 3. The lowest BCUT2D eigenvalue weighted by Crippen LogP contribution is -2.20. The first-order valence-electron chi connectivity index (χ1n) is 7.97. The minimum absolute atomic E-state index is 0.108. The molecule has 3 rings (SSSR count). The number of benzene rings is 1. The number of carbonyl (C=O) groups excluding carboxylic acids is 1. The summed E-state index contributed by atoms with van der Waals surface area (Å²) in [4.78, 5) is 12.1. The molecule has 6 nitrogen and oxygen atoms in total. The van der Waals surface area contributed by atoms with Gasteiger partial charge in [0.2, 0.25) is 5.91 Å². The summed E-state index contributed by atoms with van der Waals surface area (Å²) in [6, 6.07) is 12.2. The molecule has 1 aromatic carbocycles. The maximum Gasteiger partial charge on any atom is 0.246 e. The number of nitrogens with zero attached hydrogens (tertiary/aromatic N) is 4. The van der Waals surface area contributed by atoms with Crippen LogP contribution in [-0.4, -0.2) is 25.5 Å². The van der Waals surface area contributed by atoms with Gasteiger partial charge < -0.3 is 5.32 Å². The lowest BCUT2D eigenvalue weighted by molar-refractivity contribution is -0.116. The molecule has 2 heterocycles. The molecule has 3 aromatic rings. The van der Waals surface area contributed by atoms with E-state index in [9.17, 15) is 4.79 Å². The molecule has 0 saturated carbocycles. The third-order valence-electron chi connectivity index (χ3n) is 3.79. The van der Waals surface area contributed by atoms with Crippen molar-refractivity contribution in [3.8, 4) is 0 Å². The molecule has 0 spiro atoms. The Hall–Kier alpha value is -2.89. The topological polar surface area (TPSA) is 64.7 Å². The molecule has 0 aliphatic rings. The Bertz CT molecular complexity index is 819. The second kappa shape index (κ2) is 7.12. The zero-order valence-electron chi connectivity index (χ0n) is 13.9. The largest absolute Gasteiger partial charge is 0.322 e. The molecule has 2 aromatic heterocycles. The van der Waals surface area contributed by atoms with Crippen molar-refractivity contribution in [1.82, 2.24) is 19.6 Å². The van der Waals surface area contributed by atoms with Gasteiger partial charge in [0.15, 0.2) is 0 Å². The van der Waals surface area contributed by atoms with E-state index in [2.05, 4.69) is 27.6 Å². The van der Waals surface area contributed by atoms with Gasteiger partial charge in [0.05, 0.1) is 17.6 Å². The van der Waals surface area contributed by atoms with Crippen molar-refractivity contribution in [2.45, 2.75) is 33.4 Å². The number of carbonyl (C=O) groups is 1. The van der Waals surface area contributed by atoms with Crippen molar-refractivity contribution in [2.24, 2.45) is 0 Å². The fourth-order valence-electron chi connectivity index (χ4n) is 2.61. The van der Waals surface area contributed by atoms with Crippen LogP contribution in [-0.2, 0) is 24.3 Å². The highest BCUT2D eigenvalue weighted by Crippen LogP contribution is 2.08. The van der Waals surface area contributed by atoms with Crippen molar-refractivity contribution < 1.29 is 4.79 Å². The Kier molecular flexibility index (Phi) is 4.74.